The van der Waals surface area contributed by atoms with Crippen molar-refractivity contribution in [1.29, 1.82) is 0 Å². The Morgan fingerprint density at radius 2 is 1.94 bits per heavy atom. The van der Waals surface area contributed by atoms with E-state index in [0.717, 1.165) is 16.0 Å². The Morgan fingerprint density at radius 1 is 1.23 bits per heavy atom. The lowest BCUT2D eigenvalue weighted by Crippen LogP contribution is -2.49. The lowest BCUT2D eigenvalue weighted by Gasteiger charge is -2.34. The molecule has 166 valence electrons. The summed E-state index contributed by atoms with van der Waals surface area (Å²) < 4.78 is 28.2. The van der Waals surface area contributed by atoms with Crippen LogP contribution in [-0.4, -0.2) is 46.0 Å². The molecule has 3 rings (SSSR count). The molecule has 1 fully saturated rings. The zero-order valence-electron chi connectivity index (χ0n) is 16.9. The largest absolute Gasteiger partial charge is 0.350 e. The minimum atomic E-state index is -1.90. The molecule has 0 radical (unpaired) electrons. The number of rotatable bonds is 7. The second-order valence-electron chi connectivity index (χ2n) is 7.19. The number of nitrogens with zero attached hydrogens (tertiary/aromatic N) is 1. The van der Waals surface area contributed by atoms with Crippen LogP contribution in [0, 0.1) is 0 Å². The smallest absolute Gasteiger partial charge is 0.258 e. The number of carbonyl (C=O) groups is 1. The third kappa shape index (κ3) is 6.56. The number of alkyl halides is 1. The van der Waals surface area contributed by atoms with Gasteiger partial charge in [-0.25, -0.2) is 8.70 Å². The fourth-order valence-electron chi connectivity index (χ4n) is 3.26. The van der Waals surface area contributed by atoms with Gasteiger partial charge >= 0.3 is 0 Å². The Morgan fingerprint density at radius 3 is 2.61 bits per heavy atom. The van der Waals surface area contributed by atoms with Gasteiger partial charge in [0.1, 0.15) is 0 Å². The summed E-state index contributed by atoms with van der Waals surface area (Å²) in [5, 5.41) is 5.27. The second-order valence-corrected chi connectivity index (χ2v) is 10.4. The van der Waals surface area contributed by atoms with Crippen LogP contribution in [0.2, 0.25) is 10.0 Å². The van der Waals surface area contributed by atoms with Crippen molar-refractivity contribution in [3.8, 4) is 11.1 Å². The van der Waals surface area contributed by atoms with E-state index in [9.17, 15) is 9.00 Å². The molecule has 1 aliphatic rings. The monoisotopic (exact) mass is 500 g/mol. The summed E-state index contributed by atoms with van der Waals surface area (Å²) in [5.74, 6) is -0.619. The first-order valence-corrected chi connectivity index (χ1v) is 12.9. The highest BCUT2D eigenvalue weighted by Crippen LogP contribution is 2.40. The Bertz CT molecular complexity index is 995. The topological polar surface area (TPSA) is 49.4 Å². The van der Waals surface area contributed by atoms with E-state index in [0.29, 0.717) is 23.1 Å². The molecule has 0 spiro atoms. The minimum Gasteiger partial charge on any atom is -0.350 e. The van der Waals surface area contributed by atoms with Crippen LogP contribution in [0.1, 0.15) is 12.8 Å². The van der Waals surface area contributed by atoms with Gasteiger partial charge in [0, 0.05) is 70.0 Å². The van der Waals surface area contributed by atoms with Gasteiger partial charge in [0.05, 0.1) is 0 Å². The molecule has 1 heterocycles. The molecule has 1 unspecified atom stereocenters. The zero-order valence-corrected chi connectivity index (χ0v) is 20.1. The van der Waals surface area contributed by atoms with Crippen LogP contribution in [0.15, 0.2) is 58.8 Å². The number of halogens is 3. The van der Waals surface area contributed by atoms with E-state index >= 15 is 4.39 Å². The minimum absolute atomic E-state index is 0.101. The summed E-state index contributed by atoms with van der Waals surface area (Å²) in [7, 11) is -1.09. The summed E-state index contributed by atoms with van der Waals surface area (Å²) in [5.41, 5.74) is -0.105. The molecule has 2 aromatic rings. The Labute approximate surface area is 198 Å². The lowest BCUT2D eigenvalue weighted by atomic mass is 9.93. The standard InChI is InChI=1S/C22H23Cl2FN2O2S2/c1-31(29)14-4-11-26-21(28)22(25)9-12-27(13-10-22)30-20-8-7-16(23)15-18(20)17-5-2-3-6-19(17)24/h2-8,14-15H,9-13H2,1H3,(H,26,28)/b14-4-. The first-order valence-electron chi connectivity index (χ1n) is 9.72. The lowest BCUT2D eigenvalue weighted by molar-refractivity contribution is -0.135. The molecule has 1 N–H and O–H groups in total. The van der Waals surface area contributed by atoms with Gasteiger partial charge in [-0.15, -0.1) is 0 Å². The zero-order chi connectivity index (χ0) is 22.4. The predicted octanol–water partition coefficient (Wildman–Crippen LogP) is 5.48. The third-order valence-electron chi connectivity index (χ3n) is 4.92. The Balaban J connectivity index is 1.64. The van der Waals surface area contributed by atoms with Crippen LogP contribution in [0.5, 0.6) is 0 Å². The van der Waals surface area contributed by atoms with E-state index in [2.05, 4.69) is 9.62 Å². The van der Waals surface area contributed by atoms with Crippen molar-refractivity contribution in [2.45, 2.75) is 23.4 Å². The SMILES string of the molecule is CS(=O)/C=C\CNC(=O)C1(F)CCN(Sc2ccc(Cl)cc2-c2ccccc2Cl)CC1. The van der Waals surface area contributed by atoms with Crippen LogP contribution in [0.25, 0.3) is 11.1 Å². The van der Waals surface area contributed by atoms with Gasteiger partial charge in [-0.05, 0) is 47.2 Å². The van der Waals surface area contributed by atoms with E-state index in [-0.39, 0.29) is 19.4 Å². The van der Waals surface area contributed by atoms with Gasteiger partial charge in [0.2, 0.25) is 0 Å². The molecule has 4 nitrogen and oxygen atoms in total. The van der Waals surface area contributed by atoms with Gasteiger partial charge in [0.15, 0.2) is 5.67 Å². The first kappa shape index (κ1) is 24.3. The number of hydrogen-bond donors (Lipinski definition) is 1. The average Bonchev–Trinajstić information content (AvgIpc) is 2.74. The fourth-order valence-corrected chi connectivity index (χ4v) is 5.08. The quantitative estimate of drug-likeness (QED) is 0.511. The molecule has 1 amide bonds. The fraction of sp³-hybridized carbons (Fsp3) is 0.318. The first-order chi connectivity index (χ1) is 14.8. The molecular weight excluding hydrogens is 478 g/mol. The summed E-state index contributed by atoms with van der Waals surface area (Å²) in [6.07, 6.45) is 3.30. The highest BCUT2D eigenvalue weighted by atomic mass is 35.5. The molecule has 9 heteroatoms. The number of benzene rings is 2. The van der Waals surface area contributed by atoms with Crippen molar-refractivity contribution in [2.24, 2.45) is 0 Å². The van der Waals surface area contributed by atoms with Gasteiger partial charge in [-0.1, -0.05) is 47.5 Å². The predicted molar refractivity (Wildman–Crippen MR) is 129 cm³/mol. The molecular formula is C22H23Cl2FN2O2S2. The van der Waals surface area contributed by atoms with Crippen LogP contribution < -0.4 is 5.32 Å². The third-order valence-corrected chi connectivity index (χ3v) is 7.24. The van der Waals surface area contributed by atoms with Crippen LogP contribution in [-0.2, 0) is 15.6 Å². The van der Waals surface area contributed by atoms with Gasteiger partial charge < -0.3 is 5.32 Å². The van der Waals surface area contributed by atoms with Crippen LogP contribution in [0.4, 0.5) is 4.39 Å². The summed E-state index contributed by atoms with van der Waals surface area (Å²) in [4.78, 5) is 13.3. The Hall–Kier alpha value is -1.38. The van der Waals surface area contributed by atoms with Crippen molar-refractivity contribution in [2.75, 3.05) is 25.9 Å². The summed E-state index contributed by atoms with van der Waals surface area (Å²) in [6.45, 7) is 1.01. The van der Waals surface area contributed by atoms with Crippen molar-refractivity contribution in [3.05, 3.63) is 64.0 Å². The second kappa shape index (κ2) is 11.0. The molecule has 1 aliphatic heterocycles. The molecule has 0 saturated carbocycles. The van der Waals surface area contributed by atoms with E-state index < -0.39 is 22.4 Å². The van der Waals surface area contributed by atoms with E-state index in [1.165, 1.54) is 23.6 Å². The summed E-state index contributed by atoms with van der Waals surface area (Å²) in [6, 6.07) is 13.2. The summed E-state index contributed by atoms with van der Waals surface area (Å²) >= 11 is 14.1. The molecule has 0 aliphatic carbocycles. The maximum atomic E-state index is 15.1. The highest BCUT2D eigenvalue weighted by Gasteiger charge is 2.41. The van der Waals surface area contributed by atoms with Gasteiger partial charge in [0.25, 0.3) is 5.91 Å². The number of piperidine rings is 1. The molecule has 2 aromatic carbocycles. The number of nitrogens with one attached hydrogen (secondary N) is 1. The van der Waals surface area contributed by atoms with Crippen molar-refractivity contribution in [1.82, 2.24) is 9.62 Å². The maximum Gasteiger partial charge on any atom is 0.258 e. The van der Waals surface area contributed by atoms with Crippen LogP contribution in [0.3, 0.4) is 0 Å². The molecule has 0 aromatic heterocycles. The Kier molecular flexibility index (Phi) is 8.58. The molecule has 1 atom stereocenters. The molecule has 0 bridgehead atoms. The average molecular weight is 501 g/mol. The van der Waals surface area contributed by atoms with Gasteiger partial charge in [-0.3, -0.25) is 9.00 Å². The maximum absolute atomic E-state index is 15.1. The van der Waals surface area contributed by atoms with E-state index in [1.54, 1.807) is 6.08 Å². The van der Waals surface area contributed by atoms with Crippen LogP contribution >= 0.6 is 35.1 Å². The van der Waals surface area contributed by atoms with Crippen molar-refractivity contribution in [3.63, 3.8) is 0 Å². The van der Waals surface area contributed by atoms with Crippen molar-refractivity contribution >= 4 is 51.9 Å². The molecule has 1 saturated heterocycles. The van der Waals surface area contributed by atoms with E-state index in [4.69, 9.17) is 23.2 Å². The number of hydrogen-bond acceptors (Lipinski definition) is 4. The molecule has 31 heavy (non-hydrogen) atoms. The van der Waals surface area contributed by atoms with Gasteiger partial charge in [-0.2, -0.15) is 0 Å². The highest BCUT2D eigenvalue weighted by molar-refractivity contribution is 7.97. The normalized spacial score (nSPS) is 17.5. The van der Waals surface area contributed by atoms with Crippen molar-refractivity contribution < 1.29 is 13.4 Å². The number of amides is 1. The number of carbonyl (C=O) groups excluding carboxylic acids is 1. The van der Waals surface area contributed by atoms with E-state index in [1.807, 2.05) is 42.5 Å².